The molecule has 1 heterocycles. The van der Waals surface area contributed by atoms with Crippen molar-refractivity contribution in [2.24, 2.45) is 5.92 Å². The van der Waals surface area contributed by atoms with Gasteiger partial charge in [-0.3, -0.25) is 19.3 Å². The maximum absolute atomic E-state index is 12.8. The van der Waals surface area contributed by atoms with E-state index in [1.165, 1.54) is 12.1 Å². The normalized spacial score (nSPS) is 15.0. The number of hydrogen-bond acceptors (Lipinski definition) is 3. The lowest BCUT2D eigenvalue weighted by Crippen LogP contribution is -2.50. The first-order valence-electron chi connectivity index (χ1n) is 8.56. The smallest absolute Gasteiger partial charge is 0.324 e. The molecule has 0 unspecified atom stereocenters. The average molecular weight is 390 g/mol. The molecule has 0 radical (unpaired) electrons. The van der Waals surface area contributed by atoms with Crippen molar-refractivity contribution < 1.29 is 27.6 Å². The molecule has 3 amide bonds. The topological polar surface area (TPSA) is 66.5 Å². The lowest BCUT2D eigenvalue weighted by Gasteiger charge is -2.28. The van der Waals surface area contributed by atoms with E-state index in [2.05, 4.69) is 5.32 Å². The summed E-state index contributed by atoms with van der Waals surface area (Å²) in [4.78, 5) is 39.0. The number of anilines is 1. The predicted molar refractivity (Wildman–Crippen MR) is 95.6 cm³/mol. The molecule has 0 bridgehead atoms. The van der Waals surface area contributed by atoms with Gasteiger partial charge in [-0.15, -0.1) is 0 Å². The lowest BCUT2D eigenvalue weighted by molar-refractivity contribution is -0.137. The van der Waals surface area contributed by atoms with Gasteiger partial charge in [0, 0.05) is 5.69 Å². The number of carbonyl (C=O) groups is 3. The summed E-state index contributed by atoms with van der Waals surface area (Å²) in [6.07, 6.45) is -4.48. The summed E-state index contributed by atoms with van der Waals surface area (Å²) in [6.45, 7) is 3.36. The molecule has 3 rings (SSSR count). The molecule has 1 atom stereocenters. The zero-order valence-corrected chi connectivity index (χ0v) is 15.1. The first-order valence-corrected chi connectivity index (χ1v) is 8.56. The van der Waals surface area contributed by atoms with E-state index in [1.807, 2.05) is 0 Å². The van der Waals surface area contributed by atoms with Gasteiger partial charge in [0.1, 0.15) is 6.04 Å². The first-order chi connectivity index (χ1) is 13.1. The summed E-state index contributed by atoms with van der Waals surface area (Å²) >= 11 is 0. The van der Waals surface area contributed by atoms with Gasteiger partial charge in [-0.05, 0) is 42.3 Å². The van der Waals surface area contributed by atoms with Crippen molar-refractivity contribution in [1.82, 2.24) is 4.90 Å². The molecule has 1 aliphatic heterocycles. The molecular formula is C20H17F3N2O3. The predicted octanol–water partition coefficient (Wildman–Crippen LogP) is 3.96. The van der Waals surface area contributed by atoms with Gasteiger partial charge in [0.05, 0.1) is 16.7 Å². The molecule has 28 heavy (non-hydrogen) atoms. The van der Waals surface area contributed by atoms with Gasteiger partial charge < -0.3 is 5.32 Å². The minimum atomic E-state index is -4.48. The summed E-state index contributed by atoms with van der Waals surface area (Å²) in [6, 6.07) is 9.13. The Morgan fingerprint density at radius 1 is 0.929 bits per heavy atom. The second kappa shape index (κ2) is 7.10. The molecule has 0 aromatic heterocycles. The number of amides is 3. The van der Waals surface area contributed by atoms with E-state index in [9.17, 15) is 27.6 Å². The molecule has 1 aliphatic rings. The molecule has 0 saturated carbocycles. The molecule has 2 aromatic carbocycles. The molecule has 5 nitrogen and oxygen atoms in total. The number of nitrogens with zero attached hydrogens (tertiary/aromatic N) is 1. The summed E-state index contributed by atoms with van der Waals surface area (Å²) in [5, 5.41) is 2.49. The van der Waals surface area contributed by atoms with E-state index in [0.29, 0.717) is 0 Å². The van der Waals surface area contributed by atoms with Crippen LogP contribution in [0.4, 0.5) is 18.9 Å². The van der Waals surface area contributed by atoms with Crippen LogP contribution in [-0.2, 0) is 11.0 Å². The van der Waals surface area contributed by atoms with Crippen LogP contribution in [0.2, 0.25) is 0 Å². The SMILES string of the molecule is CC(C)[C@@H](C(=O)Nc1ccc(C(F)(F)F)cc1)N1C(=O)c2ccccc2C1=O. The fourth-order valence-corrected chi connectivity index (χ4v) is 3.14. The van der Waals surface area contributed by atoms with Gasteiger partial charge in [0.15, 0.2) is 0 Å². The Bertz CT molecular complexity index is 901. The van der Waals surface area contributed by atoms with E-state index in [0.717, 1.165) is 29.2 Å². The maximum Gasteiger partial charge on any atom is 0.416 e. The number of fused-ring (bicyclic) bond motifs is 1. The van der Waals surface area contributed by atoms with Crippen LogP contribution in [0, 0.1) is 5.92 Å². The average Bonchev–Trinajstić information content (AvgIpc) is 2.87. The van der Waals surface area contributed by atoms with Crippen molar-refractivity contribution >= 4 is 23.4 Å². The Kier molecular flexibility index (Phi) is 4.97. The first kappa shape index (κ1) is 19.6. The van der Waals surface area contributed by atoms with Gasteiger partial charge in [0.2, 0.25) is 5.91 Å². The Hall–Kier alpha value is -3.16. The van der Waals surface area contributed by atoms with Crippen molar-refractivity contribution in [2.75, 3.05) is 5.32 Å². The van der Waals surface area contributed by atoms with Gasteiger partial charge in [-0.2, -0.15) is 13.2 Å². The Labute approximate surface area is 159 Å². The zero-order chi connectivity index (χ0) is 20.6. The molecule has 0 saturated heterocycles. The fraction of sp³-hybridized carbons (Fsp3) is 0.250. The van der Waals surface area contributed by atoms with Crippen molar-refractivity contribution in [2.45, 2.75) is 26.1 Å². The largest absolute Gasteiger partial charge is 0.416 e. The highest BCUT2D eigenvalue weighted by molar-refractivity contribution is 6.23. The fourth-order valence-electron chi connectivity index (χ4n) is 3.14. The van der Waals surface area contributed by atoms with Gasteiger partial charge >= 0.3 is 6.18 Å². The standard InChI is InChI=1S/C20H17F3N2O3/c1-11(2)16(25-18(27)14-5-3-4-6-15(14)19(25)28)17(26)24-13-9-7-12(8-10-13)20(21,22)23/h3-11,16H,1-2H3,(H,24,26)/t16-/m0/s1. The quantitative estimate of drug-likeness (QED) is 0.804. The molecule has 1 N–H and O–H groups in total. The third-order valence-corrected chi connectivity index (χ3v) is 4.48. The highest BCUT2D eigenvalue weighted by Gasteiger charge is 2.43. The van der Waals surface area contributed by atoms with Gasteiger partial charge in [-0.25, -0.2) is 0 Å². The molecule has 146 valence electrons. The lowest BCUT2D eigenvalue weighted by atomic mass is 10.0. The van der Waals surface area contributed by atoms with Crippen LogP contribution in [0.5, 0.6) is 0 Å². The molecule has 2 aromatic rings. The molecule has 0 aliphatic carbocycles. The van der Waals surface area contributed by atoms with Crippen molar-refractivity contribution in [3.05, 3.63) is 65.2 Å². The van der Waals surface area contributed by atoms with Crippen LogP contribution in [0.25, 0.3) is 0 Å². The third kappa shape index (κ3) is 3.49. The summed E-state index contributed by atoms with van der Waals surface area (Å²) in [5.41, 5.74) is -0.257. The van der Waals surface area contributed by atoms with Crippen molar-refractivity contribution in [1.29, 1.82) is 0 Å². The number of rotatable bonds is 4. The van der Waals surface area contributed by atoms with Crippen LogP contribution in [-0.4, -0.2) is 28.7 Å². The highest BCUT2D eigenvalue weighted by atomic mass is 19.4. The third-order valence-electron chi connectivity index (χ3n) is 4.48. The summed E-state index contributed by atoms with van der Waals surface area (Å²) in [5.74, 6) is -2.19. The van der Waals surface area contributed by atoms with Crippen LogP contribution in [0.15, 0.2) is 48.5 Å². The van der Waals surface area contributed by atoms with E-state index < -0.39 is 41.4 Å². The molecule has 0 fully saturated rings. The number of imide groups is 1. The van der Waals surface area contributed by atoms with Crippen molar-refractivity contribution in [3.63, 3.8) is 0 Å². The van der Waals surface area contributed by atoms with E-state index in [-0.39, 0.29) is 16.8 Å². The number of alkyl halides is 3. The van der Waals surface area contributed by atoms with Gasteiger partial charge in [-0.1, -0.05) is 26.0 Å². The summed E-state index contributed by atoms with van der Waals surface area (Å²) < 4.78 is 38.0. The number of benzene rings is 2. The van der Waals surface area contributed by atoms with Crippen LogP contribution >= 0.6 is 0 Å². The Balaban J connectivity index is 1.84. The second-order valence-corrected chi connectivity index (χ2v) is 6.78. The minimum Gasteiger partial charge on any atom is -0.324 e. The van der Waals surface area contributed by atoms with E-state index in [4.69, 9.17) is 0 Å². The van der Waals surface area contributed by atoms with E-state index in [1.54, 1.807) is 26.0 Å². The molecule has 8 heteroatoms. The number of hydrogen-bond donors (Lipinski definition) is 1. The number of halogens is 3. The van der Waals surface area contributed by atoms with Crippen LogP contribution in [0.3, 0.4) is 0 Å². The second-order valence-electron chi connectivity index (χ2n) is 6.78. The zero-order valence-electron chi connectivity index (χ0n) is 15.1. The highest BCUT2D eigenvalue weighted by Crippen LogP contribution is 2.31. The summed E-state index contributed by atoms with van der Waals surface area (Å²) in [7, 11) is 0. The molecular weight excluding hydrogens is 373 g/mol. The van der Waals surface area contributed by atoms with Crippen LogP contribution < -0.4 is 5.32 Å². The minimum absolute atomic E-state index is 0.139. The number of nitrogens with one attached hydrogen (secondary N) is 1. The Morgan fingerprint density at radius 2 is 1.43 bits per heavy atom. The van der Waals surface area contributed by atoms with Crippen LogP contribution in [0.1, 0.15) is 40.1 Å². The maximum atomic E-state index is 12.8. The van der Waals surface area contributed by atoms with E-state index >= 15 is 0 Å². The Morgan fingerprint density at radius 3 is 1.86 bits per heavy atom. The molecule has 0 spiro atoms. The van der Waals surface area contributed by atoms with Gasteiger partial charge in [0.25, 0.3) is 11.8 Å². The monoisotopic (exact) mass is 390 g/mol. The van der Waals surface area contributed by atoms with Crippen molar-refractivity contribution in [3.8, 4) is 0 Å². The number of carbonyl (C=O) groups excluding carboxylic acids is 3.